The number of rotatable bonds is 0. The standard InChI is InChI=1S/C10H14O3/c1-2-8-9(13-8)6-5-10(7(1)6)11-3-4-12-10/h6-9H,1-5H2/t6-,7-,8+,9-/m0/s1. The van der Waals surface area contributed by atoms with Crippen LogP contribution in [0.2, 0.25) is 0 Å². The Bertz CT molecular complexity index is 247. The Morgan fingerprint density at radius 2 is 1.92 bits per heavy atom. The Morgan fingerprint density at radius 3 is 2.77 bits per heavy atom. The quantitative estimate of drug-likeness (QED) is 0.522. The van der Waals surface area contributed by atoms with Crippen LogP contribution >= 0.6 is 0 Å². The molecule has 0 aromatic carbocycles. The number of fused-ring (bicyclic) bond motifs is 4. The molecule has 2 aliphatic heterocycles. The summed E-state index contributed by atoms with van der Waals surface area (Å²) in [6.07, 6.45) is 4.71. The lowest BCUT2D eigenvalue weighted by Gasteiger charge is -2.52. The molecule has 72 valence electrons. The third-order valence-corrected chi connectivity index (χ3v) is 4.18. The van der Waals surface area contributed by atoms with Gasteiger partial charge in [-0.3, -0.25) is 0 Å². The summed E-state index contributed by atoms with van der Waals surface area (Å²) in [6.45, 7) is 1.58. The molecule has 0 aromatic rings. The van der Waals surface area contributed by atoms with Crippen molar-refractivity contribution in [1.82, 2.24) is 0 Å². The van der Waals surface area contributed by atoms with Gasteiger partial charge in [-0.2, -0.15) is 0 Å². The zero-order valence-corrected chi connectivity index (χ0v) is 7.57. The van der Waals surface area contributed by atoms with Crippen LogP contribution in [0.25, 0.3) is 0 Å². The molecule has 0 amide bonds. The van der Waals surface area contributed by atoms with Crippen molar-refractivity contribution < 1.29 is 14.2 Å². The van der Waals surface area contributed by atoms with Crippen molar-refractivity contribution in [3.05, 3.63) is 0 Å². The normalized spacial score (nSPS) is 55.4. The maximum Gasteiger partial charge on any atom is 0.172 e. The van der Waals surface area contributed by atoms with Gasteiger partial charge in [-0.25, -0.2) is 0 Å². The van der Waals surface area contributed by atoms with E-state index in [0.29, 0.717) is 18.1 Å². The average molecular weight is 182 g/mol. The van der Waals surface area contributed by atoms with Crippen molar-refractivity contribution in [2.24, 2.45) is 11.8 Å². The molecular weight excluding hydrogens is 168 g/mol. The molecule has 0 N–H and O–H groups in total. The molecule has 3 heteroatoms. The van der Waals surface area contributed by atoms with Gasteiger partial charge in [0.05, 0.1) is 25.4 Å². The van der Waals surface area contributed by atoms with Crippen molar-refractivity contribution in [2.75, 3.05) is 13.2 Å². The van der Waals surface area contributed by atoms with Crippen LogP contribution in [-0.2, 0) is 14.2 Å². The van der Waals surface area contributed by atoms with Gasteiger partial charge in [0.25, 0.3) is 0 Å². The molecule has 4 rings (SSSR count). The van der Waals surface area contributed by atoms with E-state index in [1.54, 1.807) is 0 Å². The Morgan fingerprint density at radius 1 is 1.08 bits per heavy atom. The summed E-state index contributed by atoms with van der Waals surface area (Å²) in [5.41, 5.74) is 0. The van der Waals surface area contributed by atoms with E-state index < -0.39 is 0 Å². The van der Waals surface area contributed by atoms with Crippen LogP contribution in [0.1, 0.15) is 19.3 Å². The molecule has 1 spiro atoms. The second-order valence-electron chi connectivity index (χ2n) is 4.70. The monoisotopic (exact) mass is 182 g/mol. The highest BCUT2D eigenvalue weighted by atomic mass is 16.7. The molecule has 0 unspecified atom stereocenters. The first kappa shape index (κ1) is 7.21. The lowest BCUT2D eigenvalue weighted by atomic mass is 9.61. The minimum Gasteiger partial charge on any atom is -0.369 e. The van der Waals surface area contributed by atoms with E-state index in [1.807, 2.05) is 0 Å². The number of ether oxygens (including phenoxy) is 3. The lowest BCUT2D eigenvalue weighted by Crippen LogP contribution is -2.58. The Hall–Kier alpha value is -0.120. The molecule has 0 radical (unpaired) electrons. The summed E-state index contributed by atoms with van der Waals surface area (Å²) in [6, 6.07) is 0. The smallest absolute Gasteiger partial charge is 0.172 e. The highest BCUT2D eigenvalue weighted by molar-refractivity contribution is 5.11. The second-order valence-corrected chi connectivity index (χ2v) is 4.70. The van der Waals surface area contributed by atoms with E-state index in [4.69, 9.17) is 14.2 Å². The Balaban J connectivity index is 1.59. The van der Waals surface area contributed by atoms with Gasteiger partial charge in [-0.1, -0.05) is 0 Å². The number of hydrogen-bond acceptors (Lipinski definition) is 3. The lowest BCUT2D eigenvalue weighted by molar-refractivity contribution is -0.282. The molecule has 2 saturated carbocycles. The van der Waals surface area contributed by atoms with Gasteiger partial charge in [-0.05, 0) is 12.8 Å². The van der Waals surface area contributed by atoms with Crippen LogP contribution in [0.5, 0.6) is 0 Å². The van der Waals surface area contributed by atoms with E-state index in [0.717, 1.165) is 25.6 Å². The van der Waals surface area contributed by atoms with Crippen LogP contribution in [0, 0.1) is 11.8 Å². The van der Waals surface area contributed by atoms with Crippen molar-refractivity contribution in [3.63, 3.8) is 0 Å². The molecule has 3 nitrogen and oxygen atoms in total. The van der Waals surface area contributed by atoms with Gasteiger partial charge in [0.15, 0.2) is 5.79 Å². The highest BCUT2D eigenvalue weighted by Gasteiger charge is 2.67. The first-order valence-corrected chi connectivity index (χ1v) is 5.32. The highest BCUT2D eigenvalue weighted by Crippen LogP contribution is 2.60. The van der Waals surface area contributed by atoms with E-state index >= 15 is 0 Å². The SMILES string of the molecule is C1COC2(C[C@@H]3[C@@H]4O[C@@H]4CC[C@@H]32)O1. The second kappa shape index (κ2) is 2.10. The first-order chi connectivity index (χ1) is 6.39. The first-order valence-electron chi connectivity index (χ1n) is 5.32. The molecule has 2 heterocycles. The predicted molar refractivity (Wildman–Crippen MR) is 44.1 cm³/mol. The summed E-state index contributed by atoms with van der Waals surface area (Å²) >= 11 is 0. The van der Waals surface area contributed by atoms with E-state index in [-0.39, 0.29) is 5.79 Å². The number of hydrogen-bond donors (Lipinski definition) is 0. The maximum atomic E-state index is 5.73. The largest absolute Gasteiger partial charge is 0.369 e. The van der Waals surface area contributed by atoms with Gasteiger partial charge in [-0.15, -0.1) is 0 Å². The van der Waals surface area contributed by atoms with Gasteiger partial charge in [0.1, 0.15) is 0 Å². The van der Waals surface area contributed by atoms with Gasteiger partial charge >= 0.3 is 0 Å². The number of epoxide rings is 1. The van der Waals surface area contributed by atoms with Crippen LogP contribution in [0.4, 0.5) is 0 Å². The maximum absolute atomic E-state index is 5.73. The molecule has 4 atom stereocenters. The predicted octanol–water partition coefficient (Wildman–Crippen LogP) is 0.927. The summed E-state index contributed by atoms with van der Waals surface area (Å²) < 4.78 is 17.1. The summed E-state index contributed by atoms with van der Waals surface area (Å²) in [5.74, 6) is 1.22. The molecule has 2 aliphatic carbocycles. The fourth-order valence-corrected chi connectivity index (χ4v) is 3.48. The molecule has 4 aliphatic rings. The third kappa shape index (κ3) is 0.767. The zero-order valence-electron chi connectivity index (χ0n) is 7.57. The van der Waals surface area contributed by atoms with Gasteiger partial charge < -0.3 is 14.2 Å². The van der Waals surface area contributed by atoms with Crippen molar-refractivity contribution >= 4 is 0 Å². The fraction of sp³-hybridized carbons (Fsp3) is 1.00. The Kier molecular flexibility index (Phi) is 1.16. The molecule has 0 bridgehead atoms. The van der Waals surface area contributed by atoms with Crippen LogP contribution < -0.4 is 0 Å². The molecule has 4 fully saturated rings. The summed E-state index contributed by atoms with van der Waals surface area (Å²) in [4.78, 5) is 0. The van der Waals surface area contributed by atoms with Crippen molar-refractivity contribution in [2.45, 2.75) is 37.3 Å². The molecule has 2 saturated heterocycles. The van der Waals surface area contributed by atoms with E-state index in [2.05, 4.69) is 0 Å². The molecular formula is C10H14O3. The third-order valence-electron chi connectivity index (χ3n) is 4.18. The van der Waals surface area contributed by atoms with Gasteiger partial charge in [0.2, 0.25) is 0 Å². The van der Waals surface area contributed by atoms with Gasteiger partial charge in [0, 0.05) is 18.3 Å². The topological polar surface area (TPSA) is 31.0 Å². The van der Waals surface area contributed by atoms with Crippen LogP contribution in [-0.4, -0.2) is 31.2 Å². The van der Waals surface area contributed by atoms with E-state index in [9.17, 15) is 0 Å². The Labute approximate surface area is 77.3 Å². The van der Waals surface area contributed by atoms with Crippen molar-refractivity contribution in [1.29, 1.82) is 0 Å². The van der Waals surface area contributed by atoms with Crippen LogP contribution in [0.15, 0.2) is 0 Å². The van der Waals surface area contributed by atoms with Crippen molar-refractivity contribution in [3.8, 4) is 0 Å². The molecule has 13 heavy (non-hydrogen) atoms. The minimum atomic E-state index is -0.165. The minimum absolute atomic E-state index is 0.165. The average Bonchev–Trinajstić information content (AvgIpc) is 2.72. The summed E-state index contributed by atoms with van der Waals surface area (Å²) in [5, 5.41) is 0. The fourth-order valence-electron chi connectivity index (χ4n) is 3.48. The zero-order chi connectivity index (χ0) is 8.47. The molecule has 0 aromatic heterocycles. The van der Waals surface area contributed by atoms with E-state index in [1.165, 1.54) is 12.8 Å². The van der Waals surface area contributed by atoms with Crippen LogP contribution in [0.3, 0.4) is 0 Å². The summed E-state index contributed by atoms with van der Waals surface area (Å²) in [7, 11) is 0.